The third kappa shape index (κ3) is 3.63. The second-order valence-electron chi connectivity index (χ2n) is 6.62. The van der Waals surface area contributed by atoms with E-state index in [1.807, 2.05) is 0 Å². The average Bonchev–Trinajstić information content (AvgIpc) is 2.53. The van der Waals surface area contributed by atoms with E-state index >= 15 is 0 Å². The van der Waals surface area contributed by atoms with Crippen molar-refractivity contribution in [3.8, 4) is 0 Å². The number of rotatable bonds is 3. The molecule has 1 aromatic carbocycles. The third-order valence-corrected chi connectivity index (χ3v) is 5.06. The first-order valence-electron chi connectivity index (χ1n) is 8.26. The highest BCUT2D eigenvalue weighted by Crippen LogP contribution is 2.33. The molecule has 3 rings (SSSR count). The van der Waals surface area contributed by atoms with Gasteiger partial charge in [0.15, 0.2) is 0 Å². The molecule has 2 fully saturated rings. The smallest absolute Gasteiger partial charge is 0.369 e. The summed E-state index contributed by atoms with van der Waals surface area (Å²) in [7, 11) is 0. The summed E-state index contributed by atoms with van der Waals surface area (Å²) in [4.78, 5) is 27.2. The van der Waals surface area contributed by atoms with Gasteiger partial charge >= 0.3 is 6.18 Å². The molecule has 25 heavy (non-hydrogen) atoms. The van der Waals surface area contributed by atoms with E-state index in [4.69, 9.17) is 5.73 Å². The number of benzene rings is 1. The molecule has 2 heterocycles. The number of piperidine rings is 1. The van der Waals surface area contributed by atoms with Crippen LogP contribution in [0.15, 0.2) is 24.3 Å². The van der Waals surface area contributed by atoms with E-state index in [-0.39, 0.29) is 23.4 Å². The van der Waals surface area contributed by atoms with Gasteiger partial charge in [-0.1, -0.05) is 12.1 Å². The summed E-state index contributed by atoms with van der Waals surface area (Å²) in [5.74, 6) is -0.974. The number of nitrogens with zero attached hydrogens (tertiary/aromatic N) is 2. The van der Waals surface area contributed by atoms with Crippen molar-refractivity contribution in [3.05, 3.63) is 35.4 Å². The fourth-order valence-corrected chi connectivity index (χ4v) is 3.49. The molecule has 2 saturated heterocycles. The summed E-state index contributed by atoms with van der Waals surface area (Å²) in [5, 5.41) is 0. The van der Waals surface area contributed by atoms with Crippen molar-refractivity contribution < 1.29 is 22.8 Å². The number of hydrogen-bond acceptors (Lipinski definition) is 3. The minimum Gasteiger partial charge on any atom is -0.369 e. The van der Waals surface area contributed by atoms with Crippen LogP contribution >= 0.6 is 0 Å². The Balaban J connectivity index is 1.59. The highest BCUT2D eigenvalue weighted by molar-refractivity contribution is 5.96. The van der Waals surface area contributed by atoms with Crippen LogP contribution < -0.4 is 5.73 Å². The maximum atomic E-state index is 13.0. The molecule has 0 bridgehead atoms. The van der Waals surface area contributed by atoms with E-state index in [2.05, 4.69) is 4.90 Å². The van der Waals surface area contributed by atoms with E-state index in [0.717, 1.165) is 19.2 Å². The molecule has 2 amide bonds. The van der Waals surface area contributed by atoms with Gasteiger partial charge in [-0.25, -0.2) is 0 Å². The minimum absolute atomic E-state index is 0.104. The molecule has 0 saturated carbocycles. The summed E-state index contributed by atoms with van der Waals surface area (Å²) in [6.45, 7) is 2.26. The van der Waals surface area contributed by atoms with Gasteiger partial charge in [0.25, 0.3) is 5.91 Å². The van der Waals surface area contributed by atoms with Crippen molar-refractivity contribution in [2.45, 2.75) is 25.1 Å². The number of halogens is 3. The van der Waals surface area contributed by atoms with E-state index in [0.29, 0.717) is 25.9 Å². The average molecular weight is 355 g/mol. The molecule has 0 aliphatic carbocycles. The Bertz CT molecular complexity index is 663. The van der Waals surface area contributed by atoms with Gasteiger partial charge in [0.2, 0.25) is 5.91 Å². The summed E-state index contributed by atoms with van der Waals surface area (Å²) in [6, 6.07) is 5.00. The van der Waals surface area contributed by atoms with Crippen LogP contribution in [0.3, 0.4) is 0 Å². The molecule has 136 valence electrons. The fourth-order valence-electron chi connectivity index (χ4n) is 3.49. The fraction of sp³-hybridized carbons (Fsp3) is 0.529. The predicted molar refractivity (Wildman–Crippen MR) is 84.6 cm³/mol. The molecule has 1 aromatic rings. The molecule has 5 nitrogen and oxygen atoms in total. The Labute approximate surface area is 143 Å². The van der Waals surface area contributed by atoms with Crippen molar-refractivity contribution in [2.24, 2.45) is 11.7 Å². The Hall–Kier alpha value is -2.09. The molecular formula is C17H20F3N3O2. The number of hydrogen-bond donors (Lipinski definition) is 1. The lowest BCUT2D eigenvalue weighted by atomic mass is 9.93. The summed E-state index contributed by atoms with van der Waals surface area (Å²) < 4.78 is 39.1. The van der Waals surface area contributed by atoms with Gasteiger partial charge in [0, 0.05) is 25.0 Å². The first kappa shape index (κ1) is 17.7. The van der Waals surface area contributed by atoms with Crippen LogP contribution in [-0.2, 0) is 11.0 Å². The van der Waals surface area contributed by atoms with Crippen molar-refractivity contribution in [1.29, 1.82) is 0 Å². The molecule has 0 spiro atoms. The van der Waals surface area contributed by atoms with Crippen molar-refractivity contribution >= 4 is 11.8 Å². The van der Waals surface area contributed by atoms with Gasteiger partial charge in [0.05, 0.1) is 11.1 Å². The monoisotopic (exact) mass is 355 g/mol. The normalized spacial score (nSPS) is 20.4. The number of carbonyl (C=O) groups is 2. The minimum atomic E-state index is -4.55. The second-order valence-corrected chi connectivity index (χ2v) is 6.62. The predicted octanol–water partition coefficient (Wildman–Crippen LogP) is 1.73. The highest BCUT2D eigenvalue weighted by atomic mass is 19.4. The number of carbonyl (C=O) groups excluding carboxylic acids is 2. The second kappa shape index (κ2) is 6.67. The van der Waals surface area contributed by atoms with Gasteiger partial charge in [-0.15, -0.1) is 0 Å². The van der Waals surface area contributed by atoms with Crippen LogP contribution in [0.5, 0.6) is 0 Å². The number of likely N-dealkylation sites (tertiary alicyclic amines) is 2. The maximum absolute atomic E-state index is 13.0. The SMILES string of the molecule is NC(=O)C1CCN(C2CN(C(=O)c3ccccc3C(F)(F)F)C2)CC1. The van der Waals surface area contributed by atoms with E-state index in [9.17, 15) is 22.8 Å². The Morgan fingerprint density at radius 3 is 2.24 bits per heavy atom. The topological polar surface area (TPSA) is 66.6 Å². The Kier molecular flexibility index (Phi) is 4.73. The molecular weight excluding hydrogens is 335 g/mol. The highest BCUT2D eigenvalue weighted by Gasteiger charge is 2.40. The van der Waals surface area contributed by atoms with Crippen molar-refractivity contribution in [3.63, 3.8) is 0 Å². The van der Waals surface area contributed by atoms with Crippen LogP contribution in [0.4, 0.5) is 13.2 Å². The molecule has 0 unspecified atom stereocenters. The third-order valence-electron chi connectivity index (χ3n) is 5.06. The zero-order valence-corrected chi connectivity index (χ0v) is 13.6. The summed E-state index contributed by atoms with van der Waals surface area (Å²) >= 11 is 0. The standard InChI is InChI=1S/C17H20F3N3O2/c18-17(19,20)14-4-2-1-3-13(14)16(25)23-9-12(10-23)22-7-5-11(6-8-22)15(21)24/h1-4,11-12H,5-10H2,(H2,21,24). The van der Waals surface area contributed by atoms with Gasteiger partial charge < -0.3 is 10.6 Å². The van der Waals surface area contributed by atoms with E-state index in [1.165, 1.54) is 23.1 Å². The molecule has 2 aliphatic rings. The van der Waals surface area contributed by atoms with Crippen LogP contribution in [0.25, 0.3) is 0 Å². The van der Waals surface area contributed by atoms with E-state index < -0.39 is 17.6 Å². The van der Waals surface area contributed by atoms with Crippen LogP contribution in [0.2, 0.25) is 0 Å². The van der Waals surface area contributed by atoms with Crippen molar-refractivity contribution in [1.82, 2.24) is 9.80 Å². The molecule has 2 N–H and O–H groups in total. The zero-order chi connectivity index (χ0) is 18.2. The number of amides is 2. The lowest BCUT2D eigenvalue weighted by molar-refractivity contribution is -0.138. The first-order chi connectivity index (χ1) is 11.8. The lowest BCUT2D eigenvalue weighted by Crippen LogP contribution is -2.62. The van der Waals surface area contributed by atoms with Gasteiger partial charge in [-0.2, -0.15) is 13.2 Å². The molecule has 0 atom stereocenters. The molecule has 8 heteroatoms. The molecule has 0 radical (unpaired) electrons. The quantitative estimate of drug-likeness (QED) is 0.898. The van der Waals surface area contributed by atoms with E-state index in [1.54, 1.807) is 0 Å². The van der Waals surface area contributed by atoms with Crippen molar-refractivity contribution in [2.75, 3.05) is 26.2 Å². The van der Waals surface area contributed by atoms with Crippen LogP contribution in [-0.4, -0.2) is 53.8 Å². The lowest BCUT2D eigenvalue weighted by Gasteiger charge is -2.47. The summed E-state index contributed by atoms with van der Waals surface area (Å²) in [5.41, 5.74) is 4.11. The first-order valence-corrected chi connectivity index (χ1v) is 8.26. The van der Waals surface area contributed by atoms with Crippen LogP contribution in [0.1, 0.15) is 28.8 Å². The van der Waals surface area contributed by atoms with Gasteiger partial charge in [-0.05, 0) is 38.1 Å². The number of alkyl halides is 3. The summed E-state index contributed by atoms with van der Waals surface area (Å²) in [6.07, 6.45) is -3.17. The number of nitrogens with two attached hydrogens (primary N) is 1. The molecule has 2 aliphatic heterocycles. The van der Waals surface area contributed by atoms with Crippen LogP contribution in [0, 0.1) is 5.92 Å². The largest absolute Gasteiger partial charge is 0.417 e. The Morgan fingerprint density at radius 1 is 1.08 bits per heavy atom. The number of primary amides is 1. The maximum Gasteiger partial charge on any atom is 0.417 e. The Morgan fingerprint density at radius 2 is 1.68 bits per heavy atom. The van der Waals surface area contributed by atoms with Gasteiger partial charge in [0.1, 0.15) is 0 Å². The zero-order valence-electron chi connectivity index (χ0n) is 13.6. The molecule has 0 aromatic heterocycles. The van der Waals surface area contributed by atoms with Gasteiger partial charge in [-0.3, -0.25) is 14.5 Å².